The van der Waals surface area contributed by atoms with Gasteiger partial charge in [0.1, 0.15) is 11.8 Å². The molecule has 2 aromatic rings. The van der Waals surface area contributed by atoms with E-state index in [0.717, 1.165) is 11.8 Å². The molecule has 0 aromatic heterocycles. The second kappa shape index (κ2) is 11.1. The summed E-state index contributed by atoms with van der Waals surface area (Å²) in [6.45, 7) is 6.46. The highest BCUT2D eigenvalue weighted by molar-refractivity contribution is 7.90. The van der Waals surface area contributed by atoms with Gasteiger partial charge in [0.2, 0.25) is 5.91 Å². The smallest absolute Gasteiger partial charge is 0.251 e. The number of rotatable bonds is 10. The highest BCUT2D eigenvalue weighted by atomic mass is 32.2. The molecule has 0 bridgehead atoms. The summed E-state index contributed by atoms with van der Waals surface area (Å²) in [7, 11) is -1.60. The molecule has 1 unspecified atom stereocenters. The van der Waals surface area contributed by atoms with Gasteiger partial charge in [0.15, 0.2) is 9.84 Å². The van der Waals surface area contributed by atoms with Crippen LogP contribution in [-0.4, -0.2) is 57.6 Å². The molecule has 8 heteroatoms. The van der Waals surface area contributed by atoms with Crippen LogP contribution in [0.1, 0.15) is 36.2 Å². The number of aryl methyl sites for hydroxylation is 1. The van der Waals surface area contributed by atoms with Gasteiger partial charge in [-0.3, -0.25) is 9.59 Å². The number of nitrogens with zero attached hydrogens (tertiary/aromatic N) is 1. The Balaban J connectivity index is 1.90. The Morgan fingerprint density at radius 3 is 2.41 bits per heavy atom. The number of benzene rings is 2. The molecule has 0 spiro atoms. The molecular weight excluding hydrogens is 428 g/mol. The number of likely N-dealkylation sites (N-methyl/N-ethyl adjacent to an activating group) is 1. The fraction of sp³-hybridized carbons (Fsp3) is 0.417. The van der Waals surface area contributed by atoms with Gasteiger partial charge in [-0.1, -0.05) is 37.6 Å². The zero-order valence-corrected chi connectivity index (χ0v) is 20.1. The fourth-order valence-electron chi connectivity index (χ4n) is 3.16. The summed E-state index contributed by atoms with van der Waals surface area (Å²) in [5.41, 5.74) is 1.50. The minimum atomic E-state index is -3.30. The average Bonchev–Trinajstić information content (AvgIpc) is 2.73. The minimum absolute atomic E-state index is 0.0753. The second-order valence-corrected chi connectivity index (χ2v) is 10.3. The number of carbonyl (C=O) groups excluding carboxylic acids is 2. The molecule has 0 aliphatic rings. The Bertz CT molecular complexity index is 1050. The third-order valence-electron chi connectivity index (χ3n) is 5.02. The molecule has 1 N–H and O–H groups in total. The Morgan fingerprint density at radius 1 is 1.09 bits per heavy atom. The lowest BCUT2D eigenvalue weighted by molar-refractivity contribution is -0.133. The van der Waals surface area contributed by atoms with Gasteiger partial charge >= 0.3 is 0 Å². The Labute approximate surface area is 190 Å². The van der Waals surface area contributed by atoms with E-state index >= 15 is 0 Å². The Hall–Kier alpha value is -2.87. The summed E-state index contributed by atoms with van der Waals surface area (Å²) in [5.74, 6) is -0.0515. The van der Waals surface area contributed by atoms with Crippen LogP contribution in [0.4, 0.5) is 0 Å². The largest absolute Gasteiger partial charge is 0.493 e. The lowest BCUT2D eigenvalue weighted by Gasteiger charge is -2.27. The highest BCUT2D eigenvalue weighted by Crippen LogP contribution is 2.17. The van der Waals surface area contributed by atoms with Gasteiger partial charge in [-0.05, 0) is 49.6 Å². The van der Waals surface area contributed by atoms with E-state index < -0.39 is 15.9 Å². The van der Waals surface area contributed by atoms with Crippen molar-refractivity contribution in [2.75, 3.05) is 26.5 Å². The van der Waals surface area contributed by atoms with E-state index in [1.54, 1.807) is 36.2 Å². The third kappa shape index (κ3) is 7.37. The van der Waals surface area contributed by atoms with Crippen LogP contribution in [0.3, 0.4) is 0 Å². The van der Waals surface area contributed by atoms with Gasteiger partial charge in [0, 0.05) is 25.4 Å². The number of hydrogen-bond donors (Lipinski definition) is 1. The molecule has 0 fully saturated rings. The molecule has 174 valence electrons. The summed E-state index contributed by atoms with van der Waals surface area (Å²) >= 11 is 0. The first-order valence-corrected chi connectivity index (χ1v) is 12.4. The number of carbonyl (C=O) groups is 2. The first kappa shape index (κ1) is 25.4. The zero-order chi connectivity index (χ0) is 23.9. The topological polar surface area (TPSA) is 92.8 Å². The molecule has 2 amide bonds. The van der Waals surface area contributed by atoms with Gasteiger partial charge in [-0.25, -0.2) is 8.42 Å². The molecule has 0 aliphatic carbocycles. The Kier molecular flexibility index (Phi) is 8.83. The average molecular weight is 461 g/mol. The van der Waals surface area contributed by atoms with Gasteiger partial charge in [0.25, 0.3) is 5.91 Å². The van der Waals surface area contributed by atoms with Crippen molar-refractivity contribution >= 4 is 21.7 Å². The van der Waals surface area contributed by atoms with Crippen LogP contribution in [-0.2, 0) is 14.6 Å². The maximum atomic E-state index is 12.9. The minimum Gasteiger partial charge on any atom is -0.493 e. The molecule has 0 heterocycles. The van der Waals surface area contributed by atoms with Crippen molar-refractivity contribution in [3.05, 3.63) is 59.7 Å². The van der Waals surface area contributed by atoms with Gasteiger partial charge in [0.05, 0.1) is 11.5 Å². The summed E-state index contributed by atoms with van der Waals surface area (Å²) in [4.78, 5) is 27.3. The van der Waals surface area contributed by atoms with E-state index in [1.807, 2.05) is 32.9 Å². The second-order valence-electron chi connectivity index (χ2n) is 8.27. The van der Waals surface area contributed by atoms with Crippen molar-refractivity contribution in [2.45, 2.75) is 38.1 Å². The molecule has 32 heavy (non-hydrogen) atoms. The van der Waals surface area contributed by atoms with E-state index in [1.165, 1.54) is 12.1 Å². The van der Waals surface area contributed by atoms with Crippen LogP contribution in [0.2, 0.25) is 0 Å². The molecule has 7 nitrogen and oxygen atoms in total. The molecule has 2 aromatic carbocycles. The van der Waals surface area contributed by atoms with Crippen molar-refractivity contribution in [1.82, 2.24) is 10.2 Å². The molecule has 0 radical (unpaired) electrons. The summed E-state index contributed by atoms with van der Waals surface area (Å²) in [6, 6.07) is 12.9. The van der Waals surface area contributed by atoms with E-state index in [0.29, 0.717) is 30.9 Å². The quantitative estimate of drug-likeness (QED) is 0.550. The van der Waals surface area contributed by atoms with E-state index in [-0.39, 0.29) is 22.6 Å². The monoisotopic (exact) mass is 460 g/mol. The number of sulfone groups is 1. The molecule has 1 atom stereocenters. The SMILES string of the molecule is Cc1cccc(C(=O)NC(C(=O)N(C)CCCOc2cccc(S(C)(=O)=O)c2)C(C)C)c1. The van der Waals surface area contributed by atoms with Crippen molar-refractivity contribution < 1.29 is 22.7 Å². The van der Waals surface area contributed by atoms with Crippen LogP contribution in [0.15, 0.2) is 53.4 Å². The number of hydrogen-bond acceptors (Lipinski definition) is 5. The normalized spacial score (nSPS) is 12.3. The van der Waals surface area contributed by atoms with E-state index in [2.05, 4.69) is 5.32 Å². The standard InChI is InChI=1S/C24H32N2O5S/c1-17(2)22(25-23(27)19-10-6-9-18(3)15-19)24(28)26(4)13-8-14-31-20-11-7-12-21(16-20)32(5,29)30/h6-7,9-12,15-17,22H,8,13-14H2,1-5H3,(H,25,27). The van der Waals surface area contributed by atoms with E-state index in [4.69, 9.17) is 4.74 Å². The van der Waals surface area contributed by atoms with Gasteiger partial charge in [-0.15, -0.1) is 0 Å². The number of ether oxygens (including phenoxy) is 1. The molecule has 0 aliphatic heterocycles. The van der Waals surface area contributed by atoms with E-state index in [9.17, 15) is 18.0 Å². The van der Waals surface area contributed by atoms with Crippen LogP contribution in [0, 0.1) is 12.8 Å². The van der Waals surface area contributed by atoms with Crippen LogP contribution < -0.4 is 10.1 Å². The number of nitrogens with one attached hydrogen (secondary N) is 1. The first-order chi connectivity index (χ1) is 15.0. The predicted molar refractivity (Wildman–Crippen MR) is 125 cm³/mol. The lowest BCUT2D eigenvalue weighted by Crippen LogP contribution is -2.50. The Morgan fingerprint density at radius 2 is 1.78 bits per heavy atom. The zero-order valence-electron chi connectivity index (χ0n) is 19.3. The highest BCUT2D eigenvalue weighted by Gasteiger charge is 2.27. The predicted octanol–water partition coefficient (Wildman–Crippen LogP) is 3.08. The summed E-state index contributed by atoms with van der Waals surface area (Å²) in [6.07, 6.45) is 1.71. The summed E-state index contributed by atoms with van der Waals surface area (Å²) in [5, 5.41) is 2.86. The maximum absolute atomic E-state index is 12.9. The maximum Gasteiger partial charge on any atom is 0.251 e. The van der Waals surface area contributed by atoms with Crippen molar-refractivity contribution in [2.24, 2.45) is 5.92 Å². The van der Waals surface area contributed by atoms with Gasteiger partial charge < -0.3 is 15.0 Å². The molecule has 0 saturated carbocycles. The van der Waals surface area contributed by atoms with Crippen molar-refractivity contribution in [1.29, 1.82) is 0 Å². The van der Waals surface area contributed by atoms with Gasteiger partial charge in [-0.2, -0.15) is 0 Å². The van der Waals surface area contributed by atoms with Crippen LogP contribution >= 0.6 is 0 Å². The van der Waals surface area contributed by atoms with Crippen LogP contribution in [0.25, 0.3) is 0 Å². The number of amides is 2. The molecule has 2 rings (SSSR count). The lowest BCUT2D eigenvalue weighted by atomic mass is 10.0. The van der Waals surface area contributed by atoms with Crippen molar-refractivity contribution in [3.63, 3.8) is 0 Å². The molecular formula is C24H32N2O5S. The fourth-order valence-corrected chi connectivity index (χ4v) is 3.81. The van der Waals surface area contributed by atoms with Crippen molar-refractivity contribution in [3.8, 4) is 5.75 Å². The van der Waals surface area contributed by atoms with Crippen LogP contribution in [0.5, 0.6) is 5.75 Å². The third-order valence-corrected chi connectivity index (χ3v) is 6.13. The molecule has 0 saturated heterocycles. The first-order valence-electron chi connectivity index (χ1n) is 10.5. The summed E-state index contributed by atoms with van der Waals surface area (Å²) < 4.78 is 28.9.